The largest absolute Gasteiger partial charge is 0.465 e. The van der Waals surface area contributed by atoms with Crippen LogP contribution < -0.4 is 0 Å². The van der Waals surface area contributed by atoms with Gasteiger partial charge in [-0.25, -0.2) is 0 Å². The van der Waals surface area contributed by atoms with Crippen LogP contribution in [0.2, 0.25) is 0 Å². The Morgan fingerprint density at radius 3 is 2.23 bits per heavy atom. The number of hydrogen-bond acceptors (Lipinski definition) is 3. The van der Waals surface area contributed by atoms with Crippen LogP contribution in [0.4, 0.5) is 13.2 Å². The fraction of sp³-hybridized carbons (Fsp3) is 0.652. The minimum atomic E-state index is -4.58. The summed E-state index contributed by atoms with van der Waals surface area (Å²) in [5.41, 5.74) is -1.27. The van der Waals surface area contributed by atoms with Crippen LogP contribution in [0.15, 0.2) is 24.3 Å². The highest BCUT2D eigenvalue weighted by molar-refractivity contribution is 5.96. The van der Waals surface area contributed by atoms with Crippen LogP contribution in [0.5, 0.6) is 0 Å². The second-order valence-corrected chi connectivity index (χ2v) is 7.90. The second-order valence-electron chi connectivity index (χ2n) is 7.90. The van der Waals surface area contributed by atoms with Gasteiger partial charge in [0.2, 0.25) is 0 Å². The molecule has 1 aliphatic rings. The molecule has 0 spiro atoms. The molecule has 0 radical (unpaired) electrons. The summed E-state index contributed by atoms with van der Waals surface area (Å²) >= 11 is 0. The number of benzene rings is 1. The molecule has 1 saturated heterocycles. The third-order valence-corrected chi connectivity index (χ3v) is 5.57. The lowest BCUT2D eigenvalue weighted by atomic mass is 9.96. The Balaban J connectivity index is 1.73. The molecule has 1 aromatic carbocycles. The number of unbranched alkanes of at least 4 members (excludes halogenated alkanes) is 6. The maximum Gasteiger partial charge on any atom is 0.417 e. The smallest absolute Gasteiger partial charge is 0.417 e. The molecule has 0 atom stereocenters. The van der Waals surface area contributed by atoms with E-state index in [-0.39, 0.29) is 30.5 Å². The summed E-state index contributed by atoms with van der Waals surface area (Å²) in [6.45, 7) is 3.09. The molecular weight excluding hydrogens is 395 g/mol. The van der Waals surface area contributed by atoms with Gasteiger partial charge in [-0.1, -0.05) is 57.6 Å². The highest BCUT2D eigenvalue weighted by Crippen LogP contribution is 2.33. The second kappa shape index (κ2) is 12.0. The normalized spacial score (nSPS) is 15.3. The Morgan fingerprint density at radius 1 is 1.00 bits per heavy atom. The molecule has 0 aliphatic carbocycles. The molecule has 168 valence electrons. The zero-order valence-corrected chi connectivity index (χ0v) is 17.7. The van der Waals surface area contributed by atoms with Gasteiger partial charge in [0, 0.05) is 13.1 Å². The molecule has 0 unspecified atom stereocenters. The monoisotopic (exact) mass is 427 g/mol. The Labute approximate surface area is 176 Å². The van der Waals surface area contributed by atoms with Gasteiger partial charge in [-0.05, 0) is 31.4 Å². The summed E-state index contributed by atoms with van der Waals surface area (Å²) in [7, 11) is 0. The first-order valence-electron chi connectivity index (χ1n) is 11.0. The number of hydrogen-bond donors (Lipinski definition) is 0. The van der Waals surface area contributed by atoms with E-state index in [0.29, 0.717) is 19.4 Å². The molecule has 0 saturated carbocycles. The van der Waals surface area contributed by atoms with Crippen LogP contribution >= 0.6 is 0 Å². The number of amides is 1. The van der Waals surface area contributed by atoms with E-state index in [9.17, 15) is 22.8 Å². The lowest BCUT2D eigenvalue weighted by Gasteiger charge is -2.31. The van der Waals surface area contributed by atoms with Gasteiger partial charge < -0.3 is 9.64 Å². The first kappa shape index (κ1) is 24.2. The summed E-state index contributed by atoms with van der Waals surface area (Å²) < 4.78 is 44.9. The van der Waals surface area contributed by atoms with Crippen LogP contribution in [0.25, 0.3) is 0 Å². The molecule has 4 nitrogen and oxygen atoms in total. The maximum absolute atomic E-state index is 13.2. The molecule has 1 fully saturated rings. The minimum Gasteiger partial charge on any atom is -0.465 e. The third kappa shape index (κ3) is 7.33. The van der Waals surface area contributed by atoms with Gasteiger partial charge in [0.15, 0.2) is 0 Å². The summed E-state index contributed by atoms with van der Waals surface area (Å²) in [4.78, 5) is 26.2. The van der Waals surface area contributed by atoms with Crippen molar-refractivity contribution in [2.24, 2.45) is 5.92 Å². The Hall–Kier alpha value is -2.05. The predicted molar refractivity (Wildman–Crippen MR) is 109 cm³/mol. The van der Waals surface area contributed by atoms with Crippen molar-refractivity contribution < 1.29 is 27.5 Å². The zero-order valence-electron chi connectivity index (χ0n) is 17.7. The molecule has 1 heterocycles. The van der Waals surface area contributed by atoms with Gasteiger partial charge in [-0.15, -0.1) is 0 Å². The Bertz CT molecular complexity index is 683. The molecule has 0 aromatic heterocycles. The molecule has 1 amide bonds. The van der Waals surface area contributed by atoms with E-state index in [1.165, 1.54) is 48.8 Å². The molecule has 7 heteroatoms. The average Bonchev–Trinajstić information content (AvgIpc) is 2.74. The van der Waals surface area contributed by atoms with Gasteiger partial charge in [0.05, 0.1) is 23.7 Å². The van der Waals surface area contributed by atoms with Crippen molar-refractivity contribution in [2.75, 3.05) is 19.7 Å². The van der Waals surface area contributed by atoms with Crippen LogP contribution in [0.3, 0.4) is 0 Å². The van der Waals surface area contributed by atoms with Crippen molar-refractivity contribution in [2.45, 2.75) is 70.9 Å². The van der Waals surface area contributed by atoms with Gasteiger partial charge >= 0.3 is 12.1 Å². The summed E-state index contributed by atoms with van der Waals surface area (Å²) in [6.07, 6.45) is 4.24. The summed E-state index contributed by atoms with van der Waals surface area (Å²) in [6, 6.07) is 4.82. The maximum atomic E-state index is 13.2. The van der Waals surface area contributed by atoms with Gasteiger partial charge in [0.1, 0.15) is 0 Å². The number of alkyl halides is 3. The van der Waals surface area contributed by atoms with Crippen molar-refractivity contribution in [3.05, 3.63) is 35.4 Å². The van der Waals surface area contributed by atoms with E-state index in [0.717, 1.165) is 25.3 Å². The van der Waals surface area contributed by atoms with Crippen molar-refractivity contribution in [3.8, 4) is 0 Å². The van der Waals surface area contributed by atoms with Crippen molar-refractivity contribution in [1.29, 1.82) is 0 Å². The summed E-state index contributed by atoms with van der Waals surface area (Å²) in [5, 5.41) is 0. The third-order valence-electron chi connectivity index (χ3n) is 5.57. The first-order chi connectivity index (χ1) is 14.3. The van der Waals surface area contributed by atoms with Crippen molar-refractivity contribution in [1.82, 2.24) is 4.90 Å². The zero-order chi connectivity index (χ0) is 22.0. The first-order valence-corrected chi connectivity index (χ1v) is 11.0. The lowest BCUT2D eigenvalue weighted by Crippen LogP contribution is -2.41. The topological polar surface area (TPSA) is 46.6 Å². The highest BCUT2D eigenvalue weighted by atomic mass is 19.4. The lowest BCUT2D eigenvalue weighted by molar-refractivity contribution is -0.150. The number of carbonyl (C=O) groups excluding carboxylic acids is 2. The van der Waals surface area contributed by atoms with Crippen LogP contribution in [-0.2, 0) is 15.7 Å². The SMILES string of the molecule is CCCCCCCCCOC(=O)C1CCN(C(=O)c2ccccc2C(F)(F)F)CC1. The fourth-order valence-electron chi connectivity index (χ4n) is 3.76. The number of likely N-dealkylation sites (tertiary alicyclic amines) is 1. The van der Waals surface area contributed by atoms with Crippen LogP contribution in [-0.4, -0.2) is 36.5 Å². The highest BCUT2D eigenvalue weighted by Gasteiger charge is 2.37. The van der Waals surface area contributed by atoms with E-state index in [1.807, 2.05) is 0 Å². The minimum absolute atomic E-state index is 0.252. The van der Waals surface area contributed by atoms with Crippen molar-refractivity contribution >= 4 is 11.9 Å². The quantitative estimate of drug-likeness (QED) is 0.347. The van der Waals surface area contributed by atoms with Crippen LogP contribution in [0.1, 0.15) is 80.6 Å². The fourth-order valence-corrected chi connectivity index (χ4v) is 3.76. The Morgan fingerprint density at radius 2 is 1.60 bits per heavy atom. The molecule has 1 aromatic rings. The van der Waals surface area contributed by atoms with Crippen molar-refractivity contribution in [3.63, 3.8) is 0 Å². The van der Waals surface area contributed by atoms with Gasteiger partial charge in [0.25, 0.3) is 5.91 Å². The molecule has 1 aliphatic heterocycles. The van der Waals surface area contributed by atoms with Crippen LogP contribution in [0, 0.1) is 5.92 Å². The number of carbonyl (C=O) groups is 2. The van der Waals surface area contributed by atoms with Gasteiger partial charge in [-0.2, -0.15) is 13.2 Å². The number of rotatable bonds is 10. The van der Waals surface area contributed by atoms with E-state index in [4.69, 9.17) is 4.74 Å². The molecule has 0 bridgehead atoms. The van der Waals surface area contributed by atoms with E-state index < -0.39 is 17.6 Å². The van der Waals surface area contributed by atoms with E-state index in [1.54, 1.807) is 0 Å². The molecule has 30 heavy (non-hydrogen) atoms. The average molecular weight is 428 g/mol. The predicted octanol–water partition coefficient (Wildman–Crippen LogP) is 5.85. The number of nitrogens with zero attached hydrogens (tertiary/aromatic N) is 1. The Kier molecular flexibility index (Phi) is 9.66. The number of piperidine rings is 1. The summed E-state index contributed by atoms with van der Waals surface area (Å²) in [5.74, 6) is -1.20. The molecule has 2 rings (SSSR count). The number of halogens is 3. The molecular formula is C23H32F3NO3. The van der Waals surface area contributed by atoms with E-state index in [2.05, 4.69) is 6.92 Å². The molecule has 0 N–H and O–H groups in total. The van der Waals surface area contributed by atoms with E-state index >= 15 is 0 Å². The van der Waals surface area contributed by atoms with Gasteiger partial charge in [-0.3, -0.25) is 9.59 Å². The number of ether oxygens (including phenoxy) is 1. The standard InChI is InChI=1S/C23H32F3NO3/c1-2-3-4-5-6-7-10-17-30-22(29)18-13-15-27(16-14-18)21(28)19-11-8-9-12-20(19)23(24,25)26/h8-9,11-12,18H,2-7,10,13-17H2,1H3. The number of esters is 1.